The van der Waals surface area contributed by atoms with E-state index in [2.05, 4.69) is 27.7 Å². The van der Waals surface area contributed by atoms with Crippen molar-refractivity contribution < 1.29 is 23.1 Å². The predicted molar refractivity (Wildman–Crippen MR) is 206 cm³/mol. The molecule has 6 heterocycles. The van der Waals surface area contributed by atoms with Crippen molar-refractivity contribution in [1.29, 1.82) is 0 Å². The monoisotopic (exact) mass is 767 g/mol. The number of amides is 2. The number of carbonyl (C=O) groups is 2. The van der Waals surface area contributed by atoms with Gasteiger partial charge in [-0.25, -0.2) is 13.7 Å². The minimum Gasteiger partial charge on any atom is -0.371 e. The van der Waals surface area contributed by atoms with E-state index in [1.54, 1.807) is 6.07 Å². The Balaban J connectivity index is 0.796. The second kappa shape index (κ2) is 13.2. The topological polar surface area (TPSA) is 88.0 Å². The summed E-state index contributed by atoms with van der Waals surface area (Å²) in [6.45, 7) is 4.69. The first-order valence-corrected chi connectivity index (χ1v) is 20.3. The zero-order chi connectivity index (χ0) is 37.6. The lowest BCUT2D eigenvalue weighted by atomic mass is 9.69. The summed E-state index contributed by atoms with van der Waals surface area (Å²) in [6.07, 6.45) is 9.03. The van der Waals surface area contributed by atoms with E-state index in [9.17, 15) is 14.4 Å². The van der Waals surface area contributed by atoms with Crippen molar-refractivity contribution in [3.05, 3.63) is 92.5 Å². The van der Waals surface area contributed by atoms with Gasteiger partial charge in [-0.05, 0) is 105 Å². The van der Waals surface area contributed by atoms with Gasteiger partial charge in [0, 0.05) is 38.2 Å². The standard InChI is InChI=1S/C43H44ClF2N5O4/c44-31-6-4-7-34-38(31)40(54)47-41-43(14-2-1-3-15-43)30-11-10-28(18-35(30)50(34)41)27-12-16-48(17-13-27)22-26-21-42(55-23-26)24-49(25-42)29-19-32(45)39(33(46)20-29)51-36(52)8-5-9-37(51)53/h4,6-7,10-11,18-20,26-27H,1-3,5,8-9,12-17,21-25H2. The lowest BCUT2D eigenvalue weighted by molar-refractivity contribution is -0.129. The highest BCUT2D eigenvalue weighted by Gasteiger charge is 2.51. The van der Waals surface area contributed by atoms with Crippen molar-refractivity contribution in [3.8, 4) is 5.69 Å². The smallest absolute Gasteiger partial charge is 0.282 e. The molecule has 1 atom stereocenters. The van der Waals surface area contributed by atoms with Gasteiger partial charge < -0.3 is 14.5 Å². The molecule has 55 heavy (non-hydrogen) atoms. The Morgan fingerprint density at radius 2 is 1.62 bits per heavy atom. The molecule has 9 nitrogen and oxygen atoms in total. The first kappa shape index (κ1) is 35.2. The second-order valence-electron chi connectivity index (χ2n) is 16.9. The number of anilines is 2. The van der Waals surface area contributed by atoms with E-state index in [1.165, 1.54) is 29.7 Å². The van der Waals surface area contributed by atoms with Crippen LogP contribution in [0.3, 0.4) is 0 Å². The first-order valence-electron chi connectivity index (χ1n) is 20.0. The molecule has 0 N–H and O–H groups in total. The zero-order valence-electron chi connectivity index (χ0n) is 30.8. The predicted octanol–water partition coefficient (Wildman–Crippen LogP) is 7.40. The average molecular weight is 768 g/mol. The number of carbonyl (C=O) groups excluding carboxylic acids is 2. The third kappa shape index (κ3) is 5.66. The number of fused-ring (bicyclic) bond motifs is 7. The number of imide groups is 1. The first-order chi connectivity index (χ1) is 26.6. The molecule has 286 valence electrons. The van der Waals surface area contributed by atoms with E-state index in [4.69, 9.17) is 21.3 Å². The van der Waals surface area contributed by atoms with Gasteiger partial charge in [-0.2, -0.15) is 4.98 Å². The Bertz CT molecular complexity index is 2270. The molecular formula is C43H44ClF2N5O4. The molecule has 1 aromatic heterocycles. The van der Waals surface area contributed by atoms with Gasteiger partial charge >= 0.3 is 0 Å². The van der Waals surface area contributed by atoms with E-state index in [0.29, 0.717) is 58.9 Å². The summed E-state index contributed by atoms with van der Waals surface area (Å²) in [5.41, 5.74) is 3.60. The molecule has 10 rings (SSSR count). The summed E-state index contributed by atoms with van der Waals surface area (Å²) in [4.78, 5) is 47.9. The molecule has 6 aliphatic rings. The van der Waals surface area contributed by atoms with Crippen molar-refractivity contribution >= 4 is 45.7 Å². The molecule has 5 fully saturated rings. The number of nitrogens with zero attached hydrogens (tertiary/aromatic N) is 5. The van der Waals surface area contributed by atoms with Gasteiger partial charge in [-0.3, -0.25) is 19.0 Å². The second-order valence-corrected chi connectivity index (χ2v) is 17.3. The van der Waals surface area contributed by atoms with Gasteiger partial charge in [0.15, 0.2) is 11.6 Å². The minimum absolute atomic E-state index is 0.0966. The van der Waals surface area contributed by atoms with Crippen LogP contribution in [0.15, 0.2) is 53.3 Å². The Morgan fingerprint density at radius 1 is 0.891 bits per heavy atom. The molecule has 3 aromatic carbocycles. The molecule has 1 aliphatic carbocycles. The van der Waals surface area contributed by atoms with Crippen molar-refractivity contribution in [2.75, 3.05) is 49.1 Å². The van der Waals surface area contributed by atoms with Crippen molar-refractivity contribution in [2.45, 2.75) is 87.6 Å². The van der Waals surface area contributed by atoms with E-state index in [-0.39, 0.29) is 29.4 Å². The van der Waals surface area contributed by atoms with Crippen LogP contribution in [-0.4, -0.2) is 71.2 Å². The van der Waals surface area contributed by atoms with E-state index in [1.807, 2.05) is 17.0 Å². The molecule has 4 saturated heterocycles. The van der Waals surface area contributed by atoms with Crippen LogP contribution in [0.4, 0.5) is 20.2 Å². The van der Waals surface area contributed by atoms with Crippen LogP contribution in [0.5, 0.6) is 0 Å². The quantitative estimate of drug-likeness (QED) is 0.196. The number of hydrogen-bond acceptors (Lipinski definition) is 7. The van der Waals surface area contributed by atoms with Crippen LogP contribution in [0.1, 0.15) is 93.5 Å². The Morgan fingerprint density at radius 3 is 2.35 bits per heavy atom. The summed E-state index contributed by atoms with van der Waals surface area (Å²) >= 11 is 6.59. The number of halogens is 3. The number of likely N-dealkylation sites (tertiary alicyclic amines) is 1. The molecule has 1 saturated carbocycles. The third-order valence-corrected chi connectivity index (χ3v) is 13.8. The highest BCUT2D eigenvalue weighted by atomic mass is 35.5. The van der Waals surface area contributed by atoms with Crippen LogP contribution in [0.2, 0.25) is 5.02 Å². The maximum Gasteiger partial charge on any atom is 0.282 e. The van der Waals surface area contributed by atoms with Gasteiger partial charge in [0.25, 0.3) is 5.56 Å². The molecule has 0 bridgehead atoms. The van der Waals surface area contributed by atoms with Crippen molar-refractivity contribution in [2.24, 2.45) is 5.92 Å². The number of benzene rings is 3. The number of rotatable bonds is 5. The molecule has 2 spiro atoms. The molecule has 4 aromatic rings. The molecule has 0 radical (unpaired) electrons. The lowest BCUT2D eigenvalue weighted by Crippen LogP contribution is -2.62. The Kier molecular flexibility index (Phi) is 8.46. The normalized spacial score (nSPS) is 23.5. The number of aromatic nitrogens is 2. The van der Waals surface area contributed by atoms with Gasteiger partial charge in [0.2, 0.25) is 11.8 Å². The third-order valence-electron chi connectivity index (χ3n) is 13.5. The van der Waals surface area contributed by atoms with Gasteiger partial charge in [-0.15, -0.1) is 0 Å². The van der Waals surface area contributed by atoms with E-state index in [0.717, 1.165) is 81.6 Å². The largest absolute Gasteiger partial charge is 0.371 e. The summed E-state index contributed by atoms with van der Waals surface area (Å²) in [6, 6.07) is 15.2. The van der Waals surface area contributed by atoms with E-state index < -0.39 is 29.1 Å². The van der Waals surface area contributed by atoms with Crippen molar-refractivity contribution in [3.63, 3.8) is 0 Å². The maximum absolute atomic E-state index is 15.2. The SMILES string of the molecule is O=C1CCCC(=O)N1c1c(F)cc(N2CC3(CC(CN4CCC(c5ccc6c(c5)-n5c(nc(=O)c7c(Cl)cccc75)C65CCCCC5)CC4)CO3)C2)cc1F. The van der Waals surface area contributed by atoms with Crippen LogP contribution in [-0.2, 0) is 19.7 Å². The summed E-state index contributed by atoms with van der Waals surface area (Å²) in [5, 5.41) is 0.927. The maximum atomic E-state index is 15.2. The Hall–Kier alpha value is -4.19. The van der Waals surface area contributed by atoms with Gasteiger partial charge in [0.05, 0.1) is 33.6 Å². The minimum atomic E-state index is -0.905. The molecule has 5 aliphatic heterocycles. The molecule has 12 heteroatoms. The fraction of sp³-hybridized carbons (Fsp3) is 0.488. The van der Waals surface area contributed by atoms with Crippen LogP contribution >= 0.6 is 11.6 Å². The number of ether oxygens (including phenoxy) is 1. The fourth-order valence-electron chi connectivity index (χ4n) is 10.8. The fourth-order valence-corrected chi connectivity index (χ4v) is 11.1. The highest BCUT2D eigenvalue weighted by Crippen LogP contribution is 2.52. The number of hydrogen-bond donors (Lipinski definition) is 0. The average Bonchev–Trinajstić information content (AvgIpc) is 3.70. The van der Waals surface area contributed by atoms with E-state index >= 15 is 8.78 Å². The van der Waals surface area contributed by atoms with Gasteiger partial charge in [0.1, 0.15) is 17.1 Å². The summed E-state index contributed by atoms with van der Waals surface area (Å²) in [5.74, 6) is -1.27. The molecular weight excluding hydrogens is 724 g/mol. The summed E-state index contributed by atoms with van der Waals surface area (Å²) in [7, 11) is 0. The van der Waals surface area contributed by atoms with Crippen LogP contribution < -0.4 is 15.4 Å². The van der Waals surface area contributed by atoms with Crippen molar-refractivity contribution in [1.82, 2.24) is 14.5 Å². The Labute approximate surface area is 323 Å². The van der Waals surface area contributed by atoms with Crippen LogP contribution in [0.25, 0.3) is 16.6 Å². The molecule has 2 amide bonds. The molecule has 1 unspecified atom stereocenters. The van der Waals surface area contributed by atoms with Crippen LogP contribution in [0, 0.1) is 17.6 Å². The lowest BCUT2D eigenvalue weighted by Gasteiger charge is -2.48. The zero-order valence-corrected chi connectivity index (χ0v) is 31.6. The highest BCUT2D eigenvalue weighted by molar-refractivity contribution is 6.35. The van der Waals surface area contributed by atoms with Gasteiger partial charge in [-0.1, -0.05) is 49.1 Å². The number of piperidine rings is 2. The summed E-state index contributed by atoms with van der Waals surface area (Å²) < 4.78 is 39.0.